The van der Waals surface area contributed by atoms with Gasteiger partial charge in [-0.25, -0.2) is 0 Å². The van der Waals surface area contributed by atoms with E-state index in [1.54, 1.807) is 11.3 Å². The third kappa shape index (κ3) is 3.53. The molecule has 6 nitrogen and oxygen atoms in total. The molecule has 0 aromatic carbocycles. The third-order valence-electron chi connectivity index (χ3n) is 3.71. The monoisotopic (exact) mass is 321 g/mol. The van der Waals surface area contributed by atoms with Gasteiger partial charge in [-0.2, -0.15) is 4.98 Å². The van der Waals surface area contributed by atoms with E-state index in [4.69, 9.17) is 9.26 Å². The number of nitrogens with zero attached hydrogens (tertiary/aromatic N) is 3. The van der Waals surface area contributed by atoms with Crippen molar-refractivity contribution in [3.8, 4) is 10.7 Å². The molecule has 0 saturated carbocycles. The molecule has 22 heavy (non-hydrogen) atoms. The van der Waals surface area contributed by atoms with E-state index in [2.05, 4.69) is 17.1 Å². The summed E-state index contributed by atoms with van der Waals surface area (Å²) < 4.78 is 10.8. The molecule has 0 unspecified atom stereocenters. The second kappa shape index (κ2) is 7.02. The lowest BCUT2D eigenvalue weighted by Gasteiger charge is -2.32. The highest BCUT2D eigenvalue weighted by Crippen LogP contribution is 2.21. The van der Waals surface area contributed by atoms with Crippen LogP contribution in [0.4, 0.5) is 0 Å². The summed E-state index contributed by atoms with van der Waals surface area (Å²) in [7, 11) is 0. The highest BCUT2D eigenvalue weighted by atomic mass is 32.1. The van der Waals surface area contributed by atoms with Crippen LogP contribution in [0, 0.1) is 0 Å². The van der Waals surface area contributed by atoms with E-state index >= 15 is 0 Å². The molecule has 1 atom stereocenters. The highest BCUT2D eigenvalue weighted by molar-refractivity contribution is 7.13. The first kappa shape index (κ1) is 15.2. The fourth-order valence-corrected chi connectivity index (χ4v) is 3.08. The number of thiophene rings is 1. The number of amides is 1. The summed E-state index contributed by atoms with van der Waals surface area (Å²) in [5, 5.41) is 5.92. The Morgan fingerprint density at radius 3 is 3.23 bits per heavy atom. The van der Waals surface area contributed by atoms with Crippen molar-refractivity contribution in [2.24, 2.45) is 0 Å². The van der Waals surface area contributed by atoms with Gasteiger partial charge in [-0.1, -0.05) is 18.1 Å². The van der Waals surface area contributed by atoms with Gasteiger partial charge in [-0.05, 0) is 17.9 Å². The molecule has 1 fully saturated rings. The van der Waals surface area contributed by atoms with Crippen molar-refractivity contribution in [3.05, 3.63) is 23.4 Å². The Morgan fingerprint density at radius 2 is 2.45 bits per heavy atom. The first-order valence-corrected chi connectivity index (χ1v) is 8.40. The number of ether oxygens (including phenoxy) is 1. The SMILES string of the molecule is CC[C@@H]1CN(C(=O)CCc2nc(-c3cccs3)no2)CCO1. The minimum atomic E-state index is 0.123. The van der Waals surface area contributed by atoms with Gasteiger partial charge in [0, 0.05) is 25.9 Å². The number of carbonyl (C=O) groups excluding carboxylic acids is 1. The largest absolute Gasteiger partial charge is 0.375 e. The van der Waals surface area contributed by atoms with Crippen LogP contribution in [0.25, 0.3) is 10.7 Å². The van der Waals surface area contributed by atoms with E-state index in [1.807, 2.05) is 22.4 Å². The lowest BCUT2D eigenvalue weighted by Crippen LogP contribution is -2.45. The fraction of sp³-hybridized carbons (Fsp3) is 0.533. The normalized spacial score (nSPS) is 18.6. The average molecular weight is 321 g/mol. The standard InChI is InChI=1S/C15H19N3O3S/c1-2-11-10-18(7-8-20-11)14(19)6-5-13-16-15(17-21-13)12-4-3-9-22-12/h3-4,9,11H,2,5-8,10H2,1H3/t11-/m1/s1. The van der Waals surface area contributed by atoms with Crippen molar-refractivity contribution in [2.75, 3.05) is 19.7 Å². The summed E-state index contributed by atoms with van der Waals surface area (Å²) in [6.07, 6.45) is 1.96. The van der Waals surface area contributed by atoms with Gasteiger partial charge in [-0.15, -0.1) is 11.3 Å². The number of hydrogen-bond donors (Lipinski definition) is 0. The van der Waals surface area contributed by atoms with Crippen molar-refractivity contribution >= 4 is 17.2 Å². The molecule has 2 aromatic rings. The molecule has 0 spiro atoms. The predicted octanol–water partition coefficient (Wildman–Crippen LogP) is 2.37. The molecule has 0 aliphatic carbocycles. The second-order valence-corrected chi connectivity index (χ2v) is 6.18. The number of carbonyl (C=O) groups is 1. The number of aromatic nitrogens is 2. The zero-order valence-corrected chi connectivity index (χ0v) is 13.3. The number of hydrogen-bond acceptors (Lipinski definition) is 6. The summed E-state index contributed by atoms with van der Waals surface area (Å²) >= 11 is 1.57. The maximum absolute atomic E-state index is 12.3. The van der Waals surface area contributed by atoms with Crippen molar-refractivity contribution in [2.45, 2.75) is 32.3 Å². The fourth-order valence-electron chi connectivity index (χ4n) is 2.43. The summed E-state index contributed by atoms with van der Waals surface area (Å²) in [5.41, 5.74) is 0. The van der Waals surface area contributed by atoms with E-state index in [-0.39, 0.29) is 12.0 Å². The molecule has 0 radical (unpaired) electrons. The maximum Gasteiger partial charge on any atom is 0.227 e. The second-order valence-electron chi connectivity index (χ2n) is 5.23. The van der Waals surface area contributed by atoms with Gasteiger partial charge in [-0.3, -0.25) is 4.79 Å². The Hall–Kier alpha value is -1.73. The van der Waals surface area contributed by atoms with E-state index in [0.29, 0.717) is 44.3 Å². The molecule has 118 valence electrons. The summed E-state index contributed by atoms with van der Waals surface area (Å²) in [6.45, 7) is 4.04. The zero-order valence-electron chi connectivity index (χ0n) is 12.5. The van der Waals surface area contributed by atoms with E-state index in [0.717, 1.165) is 11.3 Å². The first-order valence-electron chi connectivity index (χ1n) is 7.52. The molecule has 1 amide bonds. The van der Waals surface area contributed by atoms with Crippen LogP contribution < -0.4 is 0 Å². The molecule has 7 heteroatoms. The van der Waals surface area contributed by atoms with Crippen LogP contribution in [0.5, 0.6) is 0 Å². The summed E-state index contributed by atoms with van der Waals surface area (Å²) in [5.74, 6) is 1.23. The van der Waals surface area contributed by atoms with E-state index in [9.17, 15) is 4.79 Å². The molecule has 1 aliphatic heterocycles. The third-order valence-corrected chi connectivity index (χ3v) is 4.58. The molecule has 0 bridgehead atoms. The molecule has 3 rings (SSSR count). The topological polar surface area (TPSA) is 68.5 Å². The molecule has 0 N–H and O–H groups in total. The van der Waals surface area contributed by atoms with Crippen LogP contribution in [-0.2, 0) is 16.0 Å². The average Bonchev–Trinajstić information content (AvgIpc) is 3.23. The Bertz CT molecular complexity index is 611. The van der Waals surface area contributed by atoms with Gasteiger partial charge >= 0.3 is 0 Å². The number of rotatable bonds is 5. The van der Waals surface area contributed by atoms with Crippen molar-refractivity contribution < 1.29 is 14.1 Å². The van der Waals surface area contributed by atoms with Gasteiger partial charge in [0.1, 0.15) is 0 Å². The number of morpholine rings is 1. The van der Waals surface area contributed by atoms with Crippen molar-refractivity contribution in [3.63, 3.8) is 0 Å². The number of aryl methyl sites for hydroxylation is 1. The molecular formula is C15H19N3O3S. The minimum Gasteiger partial charge on any atom is -0.375 e. The van der Waals surface area contributed by atoms with Gasteiger partial charge in [0.2, 0.25) is 17.6 Å². The highest BCUT2D eigenvalue weighted by Gasteiger charge is 2.23. The Labute approximate surface area is 133 Å². The summed E-state index contributed by atoms with van der Waals surface area (Å²) in [4.78, 5) is 19.4. The van der Waals surface area contributed by atoms with Crippen LogP contribution in [0.3, 0.4) is 0 Å². The Balaban J connectivity index is 1.53. The van der Waals surface area contributed by atoms with Gasteiger partial charge in [0.05, 0.1) is 17.6 Å². The predicted molar refractivity (Wildman–Crippen MR) is 82.5 cm³/mol. The lowest BCUT2D eigenvalue weighted by atomic mass is 10.2. The van der Waals surface area contributed by atoms with Crippen LogP contribution in [0.1, 0.15) is 25.7 Å². The summed E-state index contributed by atoms with van der Waals surface area (Å²) in [6, 6.07) is 3.89. The molecule has 2 aromatic heterocycles. The first-order chi connectivity index (χ1) is 10.8. The van der Waals surface area contributed by atoms with Crippen LogP contribution in [-0.4, -0.2) is 46.7 Å². The van der Waals surface area contributed by atoms with Crippen LogP contribution in [0.15, 0.2) is 22.0 Å². The maximum atomic E-state index is 12.3. The molecule has 1 aliphatic rings. The lowest BCUT2D eigenvalue weighted by molar-refractivity contribution is -0.138. The van der Waals surface area contributed by atoms with E-state index in [1.165, 1.54) is 0 Å². The molecular weight excluding hydrogens is 302 g/mol. The van der Waals surface area contributed by atoms with Gasteiger partial charge in [0.15, 0.2) is 0 Å². The molecule has 1 saturated heterocycles. The Morgan fingerprint density at radius 1 is 1.55 bits per heavy atom. The van der Waals surface area contributed by atoms with Crippen LogP contribution in [0.2, 0.25) is 0 Å². The smallest absolute Gasteiger partial charge is 0.227 e. The minimum absolute atomic E-state index is 0.123. The van der Waals surface area contributed by atoms with E-state index < -0.39 is 0 Å². The van der Waals surface area contributed by atoms with Gasteiger partial charge < -0.3 is 14.2 Å². The zero-order chi connectivity index (χ0) is 15.4. The quantitative estimate of drug-likeness (QED) is 0.845. The van der Waals surface area contributed by atoms with Crippen molar-refractivity contribution in [1.82, 2.24) is 15.0 Å². The van der Waals surface area contributed by atoms with Crippen LogP contribution >= 0.6 is 11.3 Å². The van der Waals surface area contributed by atoms with Crippen molar-refractivity contribution in [1.29, 1.82) is 0 Å². The Kier molecular flexibility index (Phi) is 4.84. The van der Waals surface area contributed by atoms with Gasteiger partial charge in [0.25, 0.3) is 0 Å². The molecule has 3 heterocycles.